The summed E-state index contributed by atoms with van der Waals surface area (Å²) in [6.45, 7) is 0.357. The maximum absolute atomic E-state index is 11.0. The van der Waals surface area contributed by atoms with Gasteiger partial charge >= 0.3 is 0 Å². The van der Waals surface area contributed by atoms with Gasteiger partial charge in [-0.1, -0.05) is 11.6 Å². The smallest absolute Gasteiger partial charge is 0.150 e. The first-order valence-electron chi connectivity index (χ1n) is 4.24. The normalized spacial score (nSPS) is 11.4. The maximum atomic E-state index is 11.0. The average Bonchev–Trinajstić information content (AvgIpc) is 2.14. The number of anilines is 1. The maximum Gasteiger partial charge on any atom is 0.150 e. The largest absolute Gasteiger partial charge is 0.357 e. The highest BCUT2D eigenvalue weighted by Gasteiger charge is 2.10. The highest BCUT2D eigenvalue weighted by atomic mass is 35.5. The van der Waals surface area contributed by atoms with Crippen molar-refractivity contribution in [1.82, 2.24) is 9.97 Å². The van der Waals surface area contributed by atoms with E-state index in [4.69, 9.17) is 11.6 Å². The molecule has 0 spiro atoms. The van der Waals surface area contributed by atoms with E-state index in [1.165, 1.54) is 18.8 Å². The van der Waals surface area contributed by atoms with Crippen molar-refractivity contribution in [2.45, 2.75) is 0 Å². The SMILES string of the molecule is CN(CCS(C)(=O)=O)c1ncncc1Cl. The van der Waals surface area contributed by atoms with Gasteiger partial charge in [0.15, 0.2) is 5.82 Å². The highest BCUT2D eigenvalue weighted by molar-refractivity contribution is 7.90. The van der Waals surface area contributed by atoms with Crippen LogP contribution in [0.5, 0.6) is 0 Å². The Morgan fingerprint density at radius 3 is 2.73 bits per heavy atom. The number of halogens is 1. The number of rotatable bonds is 4. The topological polar surface area (TPSA) is 63.2 Å². The minimum absolute atomic E-state index is 0.0732. The molecular formula is C8H12ClN3O2S. The van der Waals surface area contributed by atoms with Gasteiger partial charge in [-0.2, -0.15) is 0 Å². The van der Waals surface area contributed by atoms with Crippen LogP contribution in [0.1, 0.15) is 0 Å². The first-order chi connectivity index (χ1) is 6.90. The van der Waals surface area contributed by atoms with Crippen molar-refractivity contribution in [3.05, 3.63) is 17.5 Å². The summed E-state index contributed by atoms with van der Waals surface area (Å²) in [6, 6.07) is 0. The molecule has 1 aromatic rings. The highest BCUT2D eigenvalue weighted by Crippen LogP contribution is 2.19. The summed E-state index contributed by atoms with van der Waals surface area (Å²) >= 11 is 5.85. The van der Waals surface area contributed by atoms with Crippen LogP contribution >= 0.6 is 11.6 Å². The lowest BCUT2D eigenvalue weighted by molar-refractivity contribution is 0.601. The molecule has 1 heterocycles. The fourth-order valence-electron chi connectivity index (χ4n) is 0.996. The van der Waals surface area contributed by atoms with Crippen LogP contribution in [0.4, 0.5) is 5.82 Å². The number of aromatic nitrogens is 2. The summed E-state index contributed by atoms with van der Waals surface area (Å²) in [5.41, 5.74) is 0. The molecule has 0 aromatic carbocycles. The standard InChI is InChI=1S/C8H12ClN3O2S/c1-12(3-4-15(2,13)14)8-7(9)5-10-6-11-8/h5-6H,3-4H2,1-2H3. The van der Waals surface area contributed by atoms with Gasteiger partial charge in [-0.25, -0.2) is 18.4 Å². The molecule has 1 aromatic heterocycles. The number of nitrogens with zero attached hydrogens (tertiary/aromatic N) is 3. The van der Waals surface area contributed by atoms with Crippen LogP contribution in [0.3, 0.4) is 0 Å². The number of hydrogen-bond acceptors (Lipinski definition) is 5. The van der Waals surface area contributed by atoms with E-state index in [9.17, 15) is 8.42 Å². The lowest BCUT2D eigenvalue weighted by atomic mass is 10.5. The Morgan fingerprint density at radius 2 is 2.20 bits per heavy atom. The van der Waals surface area contributed by atoms with Crippen molar-refractivity contribution < 1.29 is 8.42 Å². The molecular weight excluding hydrogens is 238 g/mol. The molecule has 0 atom stereocenters. The summed E-state index contributed by atoms with van der Waals surface area (Å²) in [6.07, 6.45) is 4.04. The van der Waals surface area contributed by atoms with E-state index in [1.54, 1.807) is 11.9 Å². The Bertz CT molecular complexity index is 435. The second kappa shape index (κ2) is 4.76. The number of sulfone groups is 1. The summed E-state index contributed by atoms with van der Waals surface area (Å²) in [5, 5.41) is 0.411. The van der Waals surface area contributed by atoms with Gasteiger partial charge in [0, 0.05) is 19.8 Å². The second-order valence-corrected chi connectivity index (χ2v) is 5.91. The van der Waals surface area contributed by atoms with E-state index in [0.29, 0.717) is 17.4 Å². The molecule has 0 radical (unpaired) electrons. The van der Waals surface area contributed by atoms with Crippen LogP contribution in [0.25, 0.3) is 0 Å². The van der Waals surface area contributed by atoms with Gasteiger partial charge in [-0.05, 0) is 0 Å². The van der Waals surface area contributed by atoms with E-state index in [2.05, 4.69) is 9.97 Å². The summed E-state index contributed by atoms with van der Waals surface area (Å²) in [4.78, 5) is 9.40. The second-order valence-electron chi connectivity index (χ2n) is 3.25. The average molecular weight is 250 g/mol. The monoisotopic (exact) mass is 249 g/mol. The van der Waals surface area contributed by atoms with E-state index in [1.807, 2.05) is 0 Å². The summed E-state index contributed by atoms with van der Waals surface area (Å²) in [5.74, 6) is 0.611. The molecule has 0 unspecified atom stereocenters. The van der Waals surface area contributed by atoms with Crippen molar-refractivity contribution >= 4 is 27.3 Å². The third kappa shape index (κ3) is 4.01. The predicted octanol–water partition coefficient (Wildman–Crippen LogP) is 0.611. The van der Waals surface area contributed by atoms with Gasteiger partial charge < -0.3 is 4.90 Å². The van der Waals surface area contributed by atoms with Crippen LogP contribution in [0, 0.1) is 0 Å². The van der Waals surface area contributed by atoms with Crippen LogP contribution in [-0.4, -0.2) is 44.0 Å². The van der Waals surface area contributed by atoms with E-state index in [-0.39, 0.29) is 5.75 Å². The first kappa shape index (κ1) is 12.2. The van der Waals surface area contributed by atoms with Gasteiger partial charge in [0.2, 0.25) is 0 Å². The van der Waals surface area contributed by atoms with Gasteiger partial charge in [0.05, 0.1) is 11.9 Å². The van der Waals surface area contributed by atoms with Crippen LogP contribution in [0.15, 0.2) is 12.5 Å². The first-order valence-corrected chi connectivity index (χ1v) is 6.68. The molecule has 0 amide bonds. The van der Waals surface area contributed by atoms with E-state index >= 15 is 0 Å². The van der Waals surface area contributed by atoms with Crippen LogP contribution in [0.2, 0.25) is 5.02 Å². The van der Waals surface area contributed by atoms with E-state index in [0.717, 1.165) is 0 Å². The minimum atomic E-state index is -2.97. The molecule has 0 fully saturated rings. The Labute approximate surface area is 94.0 Å². The Balaban J connectivity index is 2.70. The van der Waals surface area contributed by atoms with Gasteiger partial charge in [0.25, 0.3) is 0 Å². The minimum Gasteiger partial charge on any atom is -0.357 e. The molecule has 5 nitrogen and oxygen atoms in total. The van der Waals surface area contributed by atoms with Gasteiger partial charge in [-0.15, -0.1) is 0 Å². The molecule has 0 bridgehead atoms. The Kier molecular flexibility index (Phi) is 3.87. The summed E-state index contributed by atoms with van der Waals surface area (Å²) < 4.78 is 21.9. The molecule has 7 heteroatoms. The lowest BCUT2D eigenvalue weighted by Crippen LogP contribution is -2.25. The summed E-state index contributed by atoms with van der Waals surface area (Å²) in [7, 11) is -1.23. The molecule has 0 aliphatic heterocycles. The molecule has 0 N–H and O–H groups in total. The van der Waals surface area contributed by atoms with E-state index < -0.39 is 9.84 Å². The lowest BCUT2D eigenvalue weighted by Gasteiger charge is -2.17. The van der Waals surface area contributed by atoms with Crippen LogP contribution in [-0.2, 0) is 9.84 Å². The number of hydrogen-bond donors (Lipinski definition) is 0. The fourth-order valence-corrected chi connectivity index (χ4v) is 1.85. The van der Waals surface area contributed by atoms with Crippen molar-refractivity contribution in [2.75, 3.05) is 30.5 Å². The van der Waals surface area contributed by atoms with Crippen molar-refractivity contribution in [3.8, 4) is 0 Å². The molecule has 0 aliphatic carbocycles. The molecule has 0 aliphatic rings. The van der Waals surface area contributed by atoms with Gasteiger partial charge in [0.1, 0.15) is 21.2 Å². The third-order valence-corrected chi connectivity index (χ3v) is 3.00. The predicted molar refractivity (Wildman–Crippen MR) is 60.0 cm³/mol. The zero-order valence-corrected chi connectivity index (χ0v) is 10.1. The van der Waals surface area contributed by atoms with Gasteiger partial charge in [-0.3, -0.25) is 0 Å². The van der Waals surface area contributed by atoms with Crippen molar-refractivity contribution in [3.63, 3.8) is 0 Å². The van der Waals surface area contributed by atoms with Crippen LogP contribution < -0.4 is 4.90 Å². The Morgan fingerprint density at radius 1 is 1.53 bits per heavy atom. The third-order valence-electron chi connectivity index (χ3n) is 1.81. The quantitative estimate of drug-likeness (QED) is 0.783. The van der Waals surface area contributed by atoms with Crippen molar-refractivity contribution in [2.24, 2.45) is 0 Å². The molecule has 0 saturated carbocycles. The molecule has 0 saturated heterocycles. The zero-order valence-electron chi connectivity index (χ0n) is 8.51. The Hall–Kier alpha value is -0.880. The molecule has 15 heavy (non-hydrogen) atoms. The zero-order chi connectivity index (χ0) is 11.5. The molecule has 84 valence electrons. The fraction of sp³-hybridized carbons (Fsp3) is 0.500. The van der Waals surface area contributed by atoms with Crippen molar-refractivity contribution in [1.29, 1.82) is 0 Å². The molecule has 1 rings (SSSR count).